The molecule has 1 aromatic carbocycles. The van der Waals surface area contributed by atoms with Crippen molar-refractivity contribution < 1.29 is 4.79 Å². The minimum atomic E-state index is 0.0288. The summed E-state index contributed by atoms with van der Waals surface area (Å²) in [6.45, 7) is 5.28. The molecule has 28 heavy (non-hydrogen) atoms. The van der Waals surface area contributed by atoms with Crippen LogP contribution in [-0.2, 0) is 0 Å². The quantitative estimate of drug-likeness (QED) is 0.760. The molecule has 2 aliphatic rings. The van der Waals surface area contributed by atoms with Crippen LogP contribution < -0.4 is 10.2 Å². The molecule has 0 spiro atoms. The Hall–Kier alpha value is -1.17. The van der Waals surface area contributed by atoms with Gasteiger partial charge in [0.25, 0.3) is 0 Å². The SMILES string of the molecule is CNC(=O)N(C)[C@H]1CC[C@H](CCN2CCN(c3cccc(Cl)c3Cl)CC2)CC1. The minimum absolute atomic E-state index is 0.0288. The number of nitrogens with one attached hydrogen (secondary N) is 1. The predicted molar refractivity (Wildman–Crippen MR) is 118 cm³/mol. The molecule has 1 saturated carbocycles. The average Bonchev–Trinajstić information content (AvgIpc) is 2.74. The predicted octanol–water partition coefficient (Wildman–Crippen LogP) is 4.34. The zero-order valence-electron chi connectivity index (χ0n) is 17.0. The van der Waals surface area contributed by atoms with Crippen LogP contribution >= 0.6 is 23.2 Å². The lowest BCUT2D eigenvalue weighted by Gasteiger charge is -2.38. The number of benzene rings is 1. The van der Waals surface area contributed by atoms with Crippen molar-refractivity contribution in [3.05, 3.63) is 28.2 Å². The molecule has 156 valence electrons. The fraction of sp³-hybridized carbons (Fsp3) is 0.667. The molecule has 0 bridgehead atoms. The summed E-state index contributed by atoms with van der Waals surface area (Å²) in [4.78, 5) is 18.6. The van der Waals surface area contributed by atoms with E-state index in [1.165, 1.54) is 19.3 Å². The number of piperazine rings is 1. The summed E-state index contributed by atoms with van der Waals surface area (Å²) in [6.07, 6.45) is 5.95. The van der Waals surface area contributed by atoms with Gasteiger partial charge in [-0.05, 0) is 56.7 Å². The molecule has 1 saturated heterocycles. The van der Waals surface area contributed by atoms with Gasteiger partial charge in [0, 0.05) is 46.3 Å². The van der Waals surface area contributed by atoms with E-state index in [2.05, 4.69) is 21.2 Å². The molecule has 7 heteroatoms. The van der Waals surface area contributed by atoms with E-state index in [1.54, 1.807) is 7.05 Å². The molecule has 0 radical (unpaired) electrons. The third-order valence-corrected chi connectivity index (χ3v) is 7.20. The molecule has 1 aromatic rings. The molecule has 1 N–H and O–H groups in total. The third kappa shape index (κ3) is 5.25. The maximum absolute atomic E-state index is 11.8. The second kappa shape index (κ2) is 10.0. The summed E-state index contributed by atoms with van der Waals surface area (Å²) in [7, 11) is 3.61. The van der Waals surface area contributed by atoms with Crippen molar-refractivity contribution in [2.75, 3.05) is 51.7 Å². The van der Waals surface area contributed by atoms with Gasteiger partial charge in [0.2, 0.25) is 0 Å². The van der Waals surface area contributed by atoms with E-state index in [1.807, 2.05) is 24.1 Å². The van der Waals surface area contributed by atoms with Crippen molar-refractivity contribution in [1.82, 2.24) is 15.1 Å². The van der Waals surface area contributed by atoms with Gasteiger partial charge in [0.1, 0.15) is 0 Å². The fourth-order valence-electron chi connectivity index (χ4n) is 4.48. The Morgan fingerprint density at radius 3 is 2.46 bits per heavy atom. The van der Waals surface area contributed by atoms with Gasteiger partial charge in [-0.3, -0.25) is 4.90 Å². The average molecular weight is 427 g/mol. The molecule has 5 nitrogen and oxygen atoms in total. The fourth-order valence-corrected chi connectivity index (χ4v) is 4.89. The third-order valence-electron chi connectivity index (χ3n) is 6.40. The van der Waals surface area contributed by atoms with E-state index in [9.17, 15) is 4.79 Å². The van der Waals surface area contributed by atoms with Crippen LogP contribution in [0.2, 0.25) is 10.0 Å². The normalized spacial score (nSPS) is 23.5. The second-order valence-corrected chi connectivity index (χ2v) is 8.82. The summed E-state index contributed by atoms with van der Waals surface area (Å²) in [5.41, 5.74) is 1.05. The summed E-state index contributed by atoms with van der Waals surface area (Å²) < 4.78 is 0. The van der Waals surface area contributed by atoms with Gasteiger partial charge in [-0.15, -0.1) is 0 Å². The highest BCUT2D eigenvalue weighted by atomic mass is 35.5. The number of urea groups is 1. The maximum Gasteiger partial charge on any atom is 0.317 e. The monoisotopic (exact) mass is 426 g/mol. The van der Waals surface area contributed by atoms with Gasteiger partial charge in [-0.2, -0.15) is 0 Å². The van der Waals surface area contributed by atoms with Crippen LogP contribution in [0.15, 0.2) is 18.2 Å². The van der Waals surface area contributed by atoms with E-state index < -0.39 is 0 Å². The highest BCUT2D eigenvalue weighted by Crippen LogP contribution is 2.33. The van der Waals surface area contributed by atoms with Crippen LogP contribution in [0.4, 0.5) is 10.5 Å². The first-order valence-electron chi connectivity index (χ1n) is 10.4. The van der Waals surface area contributed by atoms with Gasteiger partial charge < -0.3 is 15.1 Å². The molecule has 2 fully saturated rings. The molecule has 0 unspecified atom stereocenters. The standard InChI is InChI=1S/C21H32Cl2N4O/c1-24-21(28)25(2)17-8-6-16(7-9-17)10-11-26-12-14-27(15-13-26)19-5-3-4-18(22)20(19)23/h3-5,16-17H,6-15H2,1-2H3,(H,24,28)/t16-,17-. The largest absolute Gasteiger partial charge is 0.368 e. The molecule has 0 atom stereocenters. The number of hydrogen-bond acceptors (Lipinski definition) is 3. The van der Waals surface area contributed by atoms with Crippen molar-refractivity contribution >= 4 is 34.9 Å². The zero-order chi connectivity index (χ0) is 20.1. The summed E-state index contributed by atoms with van der Waals surface area (Å²) in [6, 6.07) is 6.28. The van der Waals surface area contributed by atoms with Gasteiger partial charge in [-0.1, -0.05) is 29.3 Å². The Labute approximate surface area is 178 Å². The van der Waals surface area contributed by atoms with E-state index in [0.717, 1.165) is 57.2 Å². The molecular formula is C21H32Cl2N4O. The van der Waals surface area contributed by atoms with E-state index in [4.69, 9.17) is 23.2 Å². The number of hydrogen-bond donors (Lipinski definition) is 1. The number of carbonyl (C=O) groups excluding carboxylic acids is 1. The number of anilines is 1. The number of halogens is 2. The lowest BCUT2D eigenvalue weighted by molar-refractivity contribution is 0.153. The smallest absolute Gasteiger partial charge is 0.317 e. The molecule has 1 aliphatic carbocycles. The Morgan fingerprint density at radius 2 is 1.82 bits per heavy atom. The van der Waals surface area contributed by atoms with Gasteiger partial charge in [-0.25, -0.2) is 4.79 Å². The van der Waals surface area contributed by atoms with Crippen LogP contribution in [0.3, 0.4) is 0 Å². The number of rotatable bonds is 5. The number of carbonyl (C=O) groups is 1. The van der Waals surface area contributed by atoms with Gasteiger partial charge >= 0.3 is 6.03 Å². The molecule has 1 heterocycles. The molecular weight excluding hydrogens is 395 g/mol. The molecule has 1 aliphatic heterocycles. The number of amides is 2. The topological polar surface area (TPSA) is 38.8 Å². The first-order chi connectivity index (χ1) is 13.5. The first kappa shape index (κ1) is 21.5. The van der Waals surface area contributed by atoms with E-state index >= 15 is 0 Å². The first-order valence-corrected chi connectivity index (χ1v) is 11.1. The molecule has 3 rings (SSSR count). The molecule has 2 amide bonds. The van der Waals surface area contributed by atoms with E-state index in [-0.39, 0.29) is 6.03 Å². The van der Waals surface area contributed by atoms with Crippen molar-refractivity contribution in [3.8, 4) is 0 Å². The Bertz CT molecular complexity index is 656. The van der Waals surface area contributed by atoms with Crippen molar-refractivity contribution in [3.63, 3.8) is 0 Å². The number of nitrogens with zero attached hydrogens (tertiary/aromatic N) is 3. The second-order valence-electron chi connectivity index (χ2n) is 8.03. The minimum Gasteiger partial charge on any atom is -0.368 e. The Kier molecular flexibility index (Phi) is 7.72. The van der Waals surface area contributed by atoms with Crippen LogP contribution in [0, 0.1) is 5.92 Å². The van der Waals surface area contributed by atoms with Crippen LogP contribution in [-0.4, -0.2) is 68.7 Å². The van der Waals surface area contributed by atoms with Crippen molar-refractivity contribution in [2.45, 2.75) is 38.1 Å². The summed E-state index contributed by atoms with van der Waals surface area (Å²) in [5.74, 6) is 0.787. The van der Waals surface area contributed by atoms with Crippen LogP contribution in [0.5, 0.6) is 0 Å². The molecule has 0 aromatic heterocycles. The van der Waals surface area contributed by atoms with Crippen LogP contribution in [0.25, 0.3) is 0 Å². The van der Waals surface area contributed by atoms with Crippen LogP contribution in [0.1, 0.15) is 32.1 Å². The highest BCUT2D eigenvalue weighted by Gasteiger charge is 2.27. The lowest BCUT2D eigenvalue weighted by Crippen LogP contribution is -2.47. The zero-order valence-corrected chi connectivity index (χ0v) is 18.5. The maximum atomic E-state index is 11.8. The van der Waals surface area contributed by atoms with Crippen molar-refractivity contribution in [2.24, 2.45) is 5.92 Å². The van der Waals surface area contributed by atoms with Gasteiger partial charge in [0.05, 0.1) is 15.7 Å². The van der Waals surface area contributed by atoms with Gasteiger partial charge in [0.15, 0.2) is 0 Å². The summed E-state index contributed by atoms with van der Waals surface area (Å²) >= 11 is 12.5. The van der Waals surface area contributed by atoms with Crippen molar-refractivity contribution in [1.29, 1.82) is 0 Å². The Balaban J connectivity index is 1.38. The summed E-state index contributed by atoms with van der Waals surface area (Å²) in [5, 5.41) is 4.01. The Morgan fingerprint density at radius 1 is 1.14 bits per heavy atom. The highest BCUT2D eigenvalue weighted by molar-refractivity contribution is 6.43. The van der Waals surface area contributed by atoms with E-state index in [0.29, 0.717) is 16.1 Å². The lowest BCUT2D eigenvalue weighted by atomic mass is 9.83.